The molecule has 0 aliphatic carbocycles. The van der Waals surface area contributed by atoms with Gasteiger partial charge in [0, 0.05) is 17.0 Å². The third kappa shape index (κ3) is 3.23. The van der Waals surface area contributed by atoms with Gasteiger partial charge in [-0.3, -0.25) is 4.79 Å². The van der Waals surface area contributed by atoms with Gasteiger partial charge in [0.1, 0.15) is 0 Å². The number of ketones is 1. The van der Waals surface area contributed by atoms with Crippen molar-refractivity contribution in [1.82, 2.24) is 19.6 Å². The SMILES string of the molecule is COc1ccc(C(=O)CSc2nc3nc(C)cc(C)n3n2)cc1F. The van der Waals surface area contributed by atoms with Crippen LogP contribution in [0.5, 0.6) is 5.75 Å². The lowest BCUT2D eigenvalue weighted by Crippen LogP contribution is -2.04. The molecule has 1 aromatic carbocycles. The van der Waals surface area contributed by atoms with E-state index in [1.54, 1.807) is 4.52 Å². The van der Waals surface area contributed by atoms with Gasteiger partial charge < -0.3 is 4.74 Å². The van der Waals surface area contributed by atoms with Crippen molar-refractivity contribution < 1.29 is 13.9 Å². The molecule has 2 heterocycles. The van der Waals surface area contributed by atoms with E-state index in [9.17, 15) is 9.18 Å². The van der Waals surface area contributed by atoms with Crippen LogP contribution in [0.3, 0.4) is 0 Å². The highest BCUT2D eigenvalue weighted by Crippen LogP contribution is 2.21. The minimum absolute atomic E-state index is 0.109. The van der Waals surface area contributed by atoms with E-state index in [2.05, 4.69) is 15.1 Å². The monoisotopic (exact) mass is 346 g/mol. The molecule has 6 nitrogen and oxygen atoms in total. The zero-order valence-corrected chi connectivity index (χ0v) is 14.2. The summed E-state index contributed by atoms with van der Waals surface area (Å²) in [5.41, 5.74) is 2.06. The van der Waals surface area contributed by atoms with E-state index in [-0.39, 0.29) is 22.8 Å². The molecule has 0 fully saturated rings. The number of fused-ring (bicyclic) bond motifs is 1. The van der Waals surface area contributed by atoms with Crippen LogP contribution in [0.4, 0.5) is 4.39 Å². The molecule has 0 aliphatic rings. The zero-order chi connectivity index (χ0) is 17.3. The molecule has 8 heteroatoms. The Balaban J connectivity index is 1.74. The Morgan fingerprint density at radius 3 is 2.79 bits per heavy atom. The Labute approximate surface area is 142 Å². The topological polar surface area (TPSA) is 69.4 Å². The number of ether oxygens (including phenoxy) is 1. The third-order valence-electron chi connectivity index (χ3n) is 3.40. The van der Waals surface area contributed by atoms with Crippen LogP contribution in [-0.2, 0) is 0 Å². The Morgan fingerprint density at radius 2 is 2.08 bits per heavy atom. The second kappa shape index (κ2) is 6.56. The Morgan fingerprint density at radius 1 is 1.29 bits per heavy atom. The number of aromatic nitrogens is 4. The number of benzene rings is 1. The first-order valence-electron chi connectivity index (χ1n) is 7.18. The average Bonchev–Trinajstić information content (AvgIpc) is 2.95. The van der Waals surface area contributed by atoms with Crippen LogP contribution in [0.25, 0.3) is 5.78 Å². The summed E-state index contributed by atoms with van der Waals surface area (Å²) in [4.78, 5) is 20.8. The molecule has 3 aromatic rings. The zero-order valence-electron chi connectivity index (χ0n) is 13.4. The van der Waals surface area contributed by atoms with Gasteiger partial charge in [-0.05, 0) is 38.1 Å². The average molecular weight is 346 g/mol. The smallest absolute Gasteiger partial charge is 0.253 e. The van der Waals surface area contributed by atoms with Crippen molar-refractivity contribution >= 4 is 23.3 Å². The molecule has 0 saturated carbocycles. The van der Waals surface area contributed by atoms with Crippen molar-refractivity contribution in [3.63, 3.8) is 0 Å². The predicted octanol–water partition coefficient (Wildman–Crippen LogP) is 2.86. The molecule has 0 N–H and O–H groups in total. The lowest BCUT2D eigenvalue weighted by Gasteiger charge is -2.03. The van der Waals surface area contributed by atoms with Gasteiger partial charge in [0.05, 0.1) is 12.9 Å². The number of methoxy groups -OCH3 is 1. The molecule has 124 valence electrons. The summed E-state index contributed by atoms with van der Waals surface area (Å²) in [6.07, 6.45) is 0. The molecule has 0 unspecified atom stereocenters. The Kier molecular flexibility index (Phi) is 4.48. The Hall–Kier alpha value is -2.48. The minimum atomic E-state index is -0.561. The van der Waals surface area contributed by atoms with Gasteiger partial charge in [0.25, 0.3) is 5.78 Å². The van der Waals surface area contributed by atoms with E-state index in [1.165, 1.54) is 37.1 Å². The van der Waals surface area contributed by atoms with Crippen LogP contribution in [-0.4, -0.2) is 38.2 Å². The highest BCUT2D eigenvalue weighted by atomic mass is 32.2. The molecule has 0 spiro atoms. The molecular formula is C16H15FN4O2S. The van der Waals surface area contributed by atoms with Crippen molar-refractivity contribution in [1.29, 1.82) is 0 Å². The quantitative estimate of drug-likeness (QED) is 0.523. The largest absolute Gasteiger partial charge is 0.494 e. The highest BCUT2D eigenvalue weighted by molar-refractivity contribution is 7.99. The van der Waals surface area contributed by atoms with Gasteiger partial charge in [0.2, 0.25) is 5.16 Å². The van der Waals surface area contributed by atoms with Gasteiger partial charge in [-0.2, -0.15) is 4.98 Å². The highest BCUT2D eigenvalue weighted by Gasteiger charge is 2.13. The number of nitrogens with zero attached hydrogens (tertiary/aromatic N) is 4. The van der Waals surface area contributed by atoms with Crippen molar-refractivity contribution in [2.45, 2.75) is 19.0 Å². The fourth-order valence-electron chi connectivity index (χ4n) is 2.26. The number of aryl methyl sites for hydroxylation is 2. The fraction of sp³-hybridized carbons (Fsp3) is 0.250. The summed E-state index contributed by atoms with van der Waals surface area (Å²) >= 11 is 1.19. The van der Waals surface area contributed by atoms with Crippen LogP contribution in [0, 0.1) is 19.7 Å². The second-order valence-corrected chi connectivity index (χ2v) is 6.15. The first-order chi connectivity index (χ1) is 11.5. The number of carbonyl (C=O) groups is 1. The molecule has 0 amide bonds. The summed E-state index contributed by atoms with van der Waals surface area (Å²) in [5.74, 6) is -0.0485. The first-order valence-corrected chi connectivity index (χ1v) is 8.17. The van der Waals surface area contributed by atoms with Gasteiger partial charge in [0.15, 0.2) is 17.3 Å². The van der Waals surface area contributed by atoms with Gasteiger partial charge in [-0.1, -0.05) is 11.8 Å². The fourth-order valence-corrected chi connectivity index (χ4v) is 2.97. The minimum Gasteiger partial charge on any atom is -0.494 e. The van der Waals surface area contributed by atoms with E-state index in [0.29, 0.717) is 10.9 Å². The second-order valence-electron chi connectivity index (χ2n) is 5.21. The molecule has 0 bridgehead atoms. The van der Waals surface area contributed by atoms with E-state index in [4.69, 9.17) is 4.74 Å². The van der Waals surface area contributed by atoms with Gasteiger partial charge >= 0.3 is 0 Å². The number of carbonyl (C=O) groups excluding carboxylic acids is 1. The summed E-state index contributed by atoms with van der Waals surface area (Å²) in [6.45, 7) is 3.80. The van der Waals surface area contributed by atoms with Crippen molar-refractivity contribution in [3.8, 4) is 5.75 Å². The van der Waals surface area contributed by atoms with Crippen molar-refractivity contribution in [3.05, 3.63) is 47.0 Å². The summed E-state index contributed by atoms with van der Waals surface area (Å²) in [7, 11) is 1.38. The molecule has 0 radical (unpaired) electrons. The van der Waals surface area contributed by atoms with E-state index in [1.807, 2.05) is 19.9 Å². The molecule has 0 aliphatic heterocycles. The van der Waals surface area contributed by atoms with Crippen LogP contribution in [0.2, 0.25) is 0 Å². The lowest BCUT2D eigenvalue weighted by molar-refractivity contribution is 0.102. The molecule has 2 aromatic heterocycles. The normalized spacial score (nSPS) is 11.0. The summed E-state index contributed by atoms with van der Waals surface area (Å²) < 4.78 is 20.1. The van der Waals surface area contributed by atoms with Gasteiger partial charge in [-0.25, -0.2) is 13.9 Å². The molecule has 0 atom stereocenters. The van der Waals surface area contributed by atoms with Crippen molar-refractivity contribution in [2.75, 3.05) is 12.9 Å². The van der Waals surface area contributed by atoms with Gasteiger partial charge in [-0.15, -0.1) is 5.10 Å². The molecular weight excluding hydrogens is 331 g/mol. The number of hydrogen-bond donors (Lipinski definition) is 0. The molecule has 0 saturated heterocycles. The van der Waals surface area contributed by atoms with E-state index in [0.717, 1.165) is 11.4 Å². The van der Waals surface area contributed by atoms with Crippen LogP contribution in [0.1, 0.15) is 21.7 Å². The number of thioether (sulfide) groups is 1. The maximum atomic E-state index is 13.7. The first kappa shape index (κ1) is 16.4. The number of halogens is 1. The number of Topliss-reactive ketones (excluding diaryl/α,β-unsaturated/α-hetero) is 1. The third-order valence-corrected chi connectivity index (χ3v) is 4.24. The summed E-state index contributed by atoms with van der Waals surface area (Å²) in [6, 6.07) is 6.05. The standard InChI is InChI=1S/C16H15FN4O2S/c1-9-6-10(2)21-15(18-9)19-16(20-21)24-8-13(22)11-4-5-14(23-3)12(17)7-11/h4-7H,8H2,1-3H3. The predicted molar refractivity (Wildman–Crippen MR) is 88.3 cm³/mol. The number of hydrogen-bond acceptors (Lipinski definition) is 6. The van der Waals surface area contributed by atoms with E-state index < -0.39 is 5.82 Å². The van der Waals surface area contributed by atoms with Crippen LogP contribution < -0.4 is 4.74 Å². The van der Waals surface area contributed by atoms with E-state index >= 15 is 0 Å². The van der Waals surface area contributed by atoms with Crippen molar-refractivity contribution in [2.24, 2.45) is 0 Å². The summed E-state index contributed by atoms with van der Waals surface area (Å²) in [5, 5.41) is 4.78. The number of rotatable bonds is 5. The maximum absolute atomic E-state index is 13.7. The Bertz CT molecular complexity index is 926. The lowest BCUT2D eigenvalue weighted by atomic mass is 10.1. The van der Waals surface area contributed by atoms with Crippen LogP contribution >= 0.6 is 11.8 Å². The van der Waals surface area contributed by atoms with Crippen LogP contribution in [0.15, 0.2) is 29.4 Å². The maximum Gasteiger partial charge on any atom is 0.253 e. The molecule has 3 rings (SSSR count). The molecule has 24 heavy (non-hydrogen) atoms.